The van der Waals surface area contributed by atoms with Crippen molar-refractivity contribution in [1.82, 2.24) is 4.90 Å². The van der Waals surface area contributed by atoms with Crippen LogP contribution in [-0.4, -0.2) is 23.8 Å². The molecule has 206 valence electrons. The minimum Gasteiger partial charge on any atom is -0.402 e. The van der Waals surface area contributed by atoms with Crippen molar-refractivity contribution in [3.8, 4) is 0 Å². The van der Waals surface area contributed by atoms with E-state index in [2.05, 4.69) is 92.4 Å². The van der Waals surface area contributed by atoms with E-state index < -0.39 is 0 Å². The molecule has 4 N–H and O–H groups in total. The quantitative estimate of drug-likeness (QED) is 0.150. The van der Waals surface area contributed by atoms with Crippen LogP contribution in [0.15, 0.2) is 120 Å². The van der Waals surface area contributed by atoms with Crippen molar-refractivity contribution < 1.29 is 4.39 Å². The molecule has 0 atom stereocenters. The molecule has 0 spiro atoms. The fraction of sp³-hybridized carbons (Fsp3) is 0.265. The van der Waals surface area contributed by atoms with Gasteiger partial charge in [0.05, 0.1) is 5.83 Å². The number of nitrogens with two attached hydrogens (primary N) is 2. The molecule has 0 saturated carbocycles. The van der Waals surface area contributed by atoms with Crippen molar-refractivity contribution in [3.05, 3.63) is 137 Å². The highest BCUT2D eigenvalue weighted by Crippen LogP contribution is 2.22. The Kier molecular flexibility index (Phi) is 12.7. The number of hydrogen-bond acceptors (Lipinski definition) is 3. The van der Waals surface area contributed by atoms with Gasteiger partial charge in [-0.3, -0.25) is 4.99 Å². The monoisotopic (exact) mass is 526 g/mol. The number of halogens is 1. The maximum absolute atomic E-state index is 13.7. The predicted octanol–water partition coefficient (Wildman–Crippen LogP) is 7.75. The Morgan fingerprint density at radius 2 is 1.62 bits per heavy atom. The zero-order chi connectivity index (χ0) is 28.8. The van der Waals surface area contributed by atoms with E-state index in [-0.39, 0.29) is 5.83 Å². The highest BCUT2D eigenvalue weighted by atomic mass is 19.1. The van der Waals surface area contributed by atoms with Gasteiger partial charge in [0.2, 0.25) is 0 Å². The van der Waals surface area contributed by atoms with E-state index in [1.165, 1.54) is 18.1 Å². The van der Waals surface area contributed by atoms with Gasteiger partial charge < -0.3 is 16.4 Å². The summed E-state index contributed by atoms with van der Waals surface area (Å²) in [5.41, 5.74) is 20.0. The number of benzene rings is 2. The standard InChI is InChI=1S/C34H43FN4/c1-7-9-29(22-26(4)35)19-21-39(28(6)23-31(8-2)32-14-10-25(3)11-15-32)24-30-12-16-33(17-13-30)34(37)38-20-18-27(5)36/h7-17,22-23H,1,5,18-21,24,36H2,2-4,6H3,(H2,37,38)/b26-22+,28-23+,29-9-,31-8+. The third-order valence-corrected chi connectivity index (χ3v) is 6.28. The molecular formula is C34H43FN4. The van der Waals surface area contributed by atoms with Gasteiger partial charge in [-0.25, -0.2) is 4.39 Å². The fourth-order valence-electron chi connectivity index (χ4n) is 4.06. The summed E-state index contributed by atoms with van der Waals surface area (Å²) < 4.78 is 13.7. The molecule has 0 fully saturated rings. The van der Waals surface area contributed by atoms with Crippen molar-refractivity contribution in [2.45, 2.75) is 47.1 Å². The summed E-state index contributed by atoms with van der Waals surface area (Å²) >= 11 is 0. The summed E-state index contributed by atoms with van der Waals surface area (Å²) in [4.78, 5) is 6.71. The van der Waals surface area contributed by atoms with Gasteiger partial charge in [-0.1, -0.05) is 85.5 Å². The van der Waals surface area contributed by atoms with Crippen LogP contribution in [0.3, 0.4) is 0 Å². The lowest BCUT2D eigenvalue weighted by Crippen LogP contribution is -2.23. The van der Waals surface area contributed by atoms with Crippen molar-refractivity contribution in [2.24, 2.45) is 16.5 Å². The molecule has 4 nitrogen and oxygen atoms in total. The molecule has 0 aliphatic heterocycles. The molecule has 2 rings (SSSR count). The summed E-state index contributed by atoms with van der Waals surface area (Å²) in [5, 5.41) is 0. The van der Waals surface area contributed by atoms with Crippen LogP contribution in [0.25, 0.3) is 5.57 Å². The second kappa shape index (κ2) is 16.0. The molecule has 0 saturated heterocycles. The molecule has 5 heteroatoms. The van der Waals surface area contributed by atoms with E-state index in [9.17, 15) is 4.39 Å². The van der Waals surface area contributed by atoms with Crippen LogP contribution in [0.2, 0.25) is 0 Å². The molecule has 0 unspecified atom stereocenters. The van der Waals surface area contributed by atoms with Crippen molar-refractivity contribution in [1.29, 1.82) is 0 Å². The summed E-state index contributed by atoms with van der Waals surface area (Å²) in [7, 11) is 0. The molecule has 39 heavy (non-hydrogen) atoms. The lowest BCUT2D eigenvalue weighted by atomic mass is 10.0. The zero-order valence-corrected chi connectivity index (χ0v) is 23.9. The topological polar surface area (TPSA) is 67.6 Å². The Balaban J connectivity index is 2.32. The van der Waals surface area contributed by atoms with E-state index in [0.717, 1.165) is 28.0 Å². The van der Waals surface area contributed by atoms with Crippen molar-refractivity contribution in [3.63, 3.8) is 0 Å². The first-order valence-corrected chi connectivity index (χ1v) is 13.3. The van der Waals surface area contributed by atoms with Gasteiger partial charge in [0.25, 0.3) is 0 Å². The van der Waals surface area contributed by atoms with Crippen LogP contribution >= 0.6 is 0 Å². The fourth-order valence-corrected chi connectivity index (χ4v) is 4.06. The van der Waals surface area contributed by atoms with E-state index in [0.29, 0.717) is 44.0 Å². The van der Waals surface area contributed by atoms with Gasteiger partial charge in [0.15, 0.2) is 0 Å². The van der Waals surface area contributed by atoms with E-state index >= 15 is 0 Å². The molecule has 0 aliphatic rings. The van der Waals surface area contributed by atoms with Crippen LogP contribution in [0.5, 0.6) is 0 Å². The molecule has 0 bridgehead atoms. The highest BCUT2D eigenvalue weighted by Gasteiger charge is 2.10. The van der Waals surface area contributed by atoms with Gasteiger partial charge in [-0.05, 0) is 68.5 Å². The predicted molar refractivity (Wildman–Crippen MR) is 167 cm³/mol. The normalized spacial score (nSPS) is 13.4. The van der Waals surface area contributed by atoms with Crippen LogP contribution < -0.4 is 11.5 Å². The summed E-state index contributed by atoms with van der Waals surface area (Å²) in [6.07, 6.45) is 10.8. The largest absolute Gasteiger partial charge is 0.402 e. The van der Waals surface area contributed by atoms with E-state index in [1.807, 2.05) is 18.2 Å². The van der Waals surface area contributed by atoms with Crippen LogP contribution in [-0.2, 0) is 6.54 Å². The first-order valence-electron chi connectivity index (χ1n) is 13.3. The first-order chi connectivity index (χ1) is 18.6. The lowest BCUT2D eigenvalue weighted by molar-refractivity contribution is 0.342. The summed E-state index contributed by atoms with van der Waals surface area (Å²) in [6, 6.07) is 16.7. The Morgan fingerprint density at radius 1 is 0.974 bits per heavy atom. The van der Waals surface area contributed by atoms with E-state index in [4.69, 9.17) is 11.5 Å². The van der Waals surface area contributed by atoms with Crippen LogP contribution in [0.4, 0.5) is 4.39 Å². The zero-order valence-electron chi connectivity index (χ0n) is 23.9. The average molecular weight is 527 g/mol. The Morgan fingerprint density at radius 3 is 2.18 bits per heavy atom. The molecular weight excluding hydrogens is 483 g/mol. The molecule has 0 amide bonds. The lowest BCUT2D eigenvalue weighted by Gasteiger charge is -2.27. The van der Waals surface area contributed by atoms with Gasteiger partial charge in [-0.2, -0.15) is 0 Å². The van der Waals surface area contributed by atoms with Gasteiger partial charge in [-0.15, -0.1) is 0 Å². The first kappa shape index (κ1) is 31.1. The third-order valence-electron chi connectivity index (χ3n) is 6.28. The SMILES string of the molecule is C=C/C=C(\C=C(/C)F)CCN(Cc1ccc(C(N)=NCCC(=C)N)cc1)/C(C)=C/C(=C\C)c1ccc(C)cc1. The molecule has 2 aromatic carbocycles. The number of amidine groups is 1. The third kappa shape index (κ3) is 11.0. The number of hydrogen-bond donors (Lipinski definition) is 2. The smallest absolute Gasteiger partial charge is 0.125 e. The summed E-state index contributed by atoms with van der Waals surface area (Å²) in [5.74, 6) is 0.266. The van der Waals surface area contributed by atoms with Crippen LogP contribution in [0, 0.1) is 6.92 Å². The molecule has 0 radical (unpaired) electrons. The maximum Gasteiger partial charge on any atom is 0.125 e. The Bertz CT molecular complexity index is 1260. The molecule has 0 heterocycles. The molecule has 0 aromatic heterocycles. The van der Waals surface area contributed by atoms with Crippen molar-refractivity contribution >= 4 is 11.4 Å². The highest BCUT2D eigenvalue weighted by molar-refractivity contribution is 5.97. The number of allylic oxidation sites excluding steroid dienone is 8. The minimum absolute atomic E-state index is 0.219. The van der Waals surface area contributed by atoms with Crippen LogP contribution in [0.1, 0.15) is 55.9 Å². The molecule has 0 aliphatic carbocycles. The Labute approximate surface area is 234 Å². The number of nitrogens with zero attached hydrogens (tertiary/aromatic N) is 2. The van der Waals surface area contributed by atoms with Gasteiger partial charge >= 0.3 is 0 Å². The molecule has 2 aromatic rings. The minimum atomic E-state index is -0.219. The average Bonchev–Trinajstić information content (AvgIpc) is 2.89. The number of rotatable bonds is 14. The second-order valence-corrected chi connectivity index (χ2v) is 9.65. The summed E-state index contributed by atoms with van der Waals surface area (Å²) in [6.45, 7) is 17.1. The second-order valence-electron chi connectivity index (χ2n) is 9.65. The van der Waals surface area contributed by atoms with Gasteiger partial charge in [0, 0.05) is 43.0 Å². The Hall–Kier alpha value is -4.12. The van der Waals surface area contributed by atoms with Crippen molar-refractivity contribution in [2.75, 3.05) is 13.1 Å². The number of aliphatic imine (C=N–C) groups is 1. The number of aryl methyl sites for hydroxylation is 1. The van der Waals surface area contributed by atoms with Gasteiger partial charge in [0.1, 0.15) is 5.84 Å². The maximum atomic E-state index is 13.7. The van der Waals surface area contributed by atoms with E-state index in [1.54, 1.807) is 12.2 Å².